The summed E-state index contributed by atoms with van der Waals surface area (Å²) >= 11 is 0. The van der Waals surface area contributed by atoms with Crippen molar-refractivity contribution in [1.82, 2.24) is 10.6 Å². The zero-order chi connectivity index (χ0) is 11.5. The van der Waals surface area contributed by atoms with Crippen LogP contribution in [0.2, 0.25) is 0 Å². The van der Waals surface area contributed by atoms with E-state index in [2.05, 4.69) is 10.6 Å². The number of carbonyl (C=O) groups excluding carboxylic acids is 2. The summed E-state index contributed by atoms with van der Waals surface area (Å²) in [6, 6.07) is 0. The largest absolute Gasteiger partial charge is 0.395 e. The van der Waals surface area contributed by atoms with Crippen molar-refractivity contribution in [3.63, 3.8) is 0 Å². The molecule has 0 aromatic heterocycles. The SMILES string of the molecule is CNC(=O)CCCCCC(=O)NCCO. The molecular weight excluding hydrogens is 196 g/mol. The fourth-order valence-electron chi connectivity index (χ4n) is 1.16. The number of amides is 2. The number of rotatable bonds is 8. The Morgan fingerprint density at radius 2 is 1.67 bits per heavy atom. The van der Waals surface area contributed by atoms with Crippen LogP contribution in [0.25, 0.3) is 0 Å². The lowest BCUT2D eigenvalue weighted by Gasteiger charge is -2.02. The van der Waals surface area contributed by atoms with Crippen LogP contribution in [0.4, 0.5) is 0 Å². The Morgan fingerprint density at radius 3 is 2.20 bits per heavy atom. The van der Waals surface area contributed by atoms with Crippen molar-refractivity contribution in [2.45, 2.75) is 32.1 Å². The van der Waals surface area contributed by atoms with Crippen molar-refractivity contribution >= 4 is 11.8 Å². The number of hydrogen-bond acceptors (Lipinski definition) is 3. The highest BCUT2D eigenvalue weighted by atomic mass is 16.3. The standard InChI is InChI=1S/C10H20N2O3/c1-11-9(14)5-3-2-4-6-10(15)12-7-8-13/h13H,2-8H2,1H3,(H,11,14)(H,12,15). The van der Waals surface area contributed by atoms with Crippen LogP contribution in [0.3, 0.4) is 0 Å². The van der Waals surface area contributed by atoms with Gasteiger partial charge in [0, 0.05) is 26.4 Å². The van der Waals surface area contributed by atoms with Gasteiger partial charge in [-0.3, -0.25) is 9.59 Å². The maximum absolute atomic E-state index is 11.1. The zero-order valence-electron chi connectivity index (χ0n) is 9.21. The second-order valence-corrected chi connectivity index (χ2v) is 3.31. The van der Waals surface area contributed by atoms with E-state index in [0.29, 0.717) is 19.4 Å². The summed E-state index contributed by atoms with van der Waals surface area (Å²) in [6.07, 6.45) is 3.46. The van der Waals surface area contributed by atoms with Crippen LogP contribution < -0.4 is 10.6 Å². The van der Waals surface area contributed by atoms with Crippen LogP contribution in [-0.4, -0.2) is 37.1 Å². The lowest BCUT2D eigenvalue weighted by molar-refractivity contribution is -0.121. The molecule has 0 saturated carbocycles. The molecule has 3 N–H and O–H groups in total. The molecule has 0 atom stereocenters. The summed E-state index contributed by atoms with van der Waals surface area (Å²) in [6.45, 7) is 0.291. The molecule has 88 valence electrons. The zero-order valence-corrected chi connectivity index (χ0v) is 9.21. The summed E-state index contributed by atoms with van der Waals surface area (Å²) in [4.78, 5) is 21.9. The molecule has 2 amide bonds. The van der Waals surface area contributed by atoms with Crippen molar-refractivity contribution in [1.29, 1.82) is 0 Å². The number of hydrogen-bond donors (Lipinski definition) is 3. The van der Waals surface area contributed by atoms with Gasteiger partial charge in [0.2, 0.25) is 11.8 Å². The van der Waals surface area contributed by atoms with Crippen molar-refractivity contribution in [3.05, 3.63) is 0 Å². The van der Waals surface area contributed by atoms with Crippen molar-refractivity contribution in [3.8, 4) is 0 Å². The van der Waals surface area contributed by atoms with Gasteiger partial charge in [0.15, 0.2) is 0 Å². The number of aliphatic hydroxyl groups is 1. The molecule has 0 bridgehead atoms. The third-order valence-electron chi connectivity index (χ3n) is 2.02. The van der Waals surface area contributed by atoms with E-state index >= 15 is 0 Å². The Morgan fingerprint density at radius 1 is 1.07 bits per heavy atom. The van der Waals surface area contributed by atoms with E-state index in [-0.39, 0.29) is 18.4 Å². The first-order valence-corrected chi connectivity index (χ1v) is 5.29. The van der Waals surface area contributed by atoms with Crippen LogP contribution >= 0.6 is 0 Å². The molecule has 0 heterocycles. The quantitative estimate of drug-likeness (QED) is 0.491. The monoisotopic (exact) mass is 216 g/mol. The van der Waals surface area contributed by atoms with E-state index < -0.39 is 0 Å². The first-order valence-electron chi connectivity index (χ1n) is 5.29. The number of carbonyl (C=O) groups is 2. The molecule has 0 spiro atoms. The molecule has 5 nitrogen and oxygen atoms in total. The Kier molecular flexibility index (Phi) is 8.76. The van der Waals surface area contributed by atoms with Gasteiger partial charge in [-0.15, -0.1) is 0 Å². The van der Waals surface area contributed by atoms with Gasteiger partial charge in [0.25, 0.3) is 0 Å². The lowest BCUT2D eigenvalue weighted by Crippen LogP contribution is -2.25. The fourth-order valence-corrected chi connectivity index (χ4v) is 1.16. The van der Waals surface area contributed by atoms with Crippen molar-refractivity contribution in [2.75, 3.05) is 20.2 Å². The third-order valence-corrected chi connectivity index (χ3v) is 2.02. The molecule has 0 aliphatic carbocycles. The van der Waals surface area contributed by atoms with Gasteiger partial charge < -0.3 is 15.7 Å². The van der Waals surface area contributed by atoms with E-state index in [0.717, 1.165) is 19.3 Å². The van der Waals surface area contributed by atoms with Crippen LogP contribution in [0.1, 0.15) is 32.1 Å². The van der Waals surface area contributed by atoms with E-state index in [4.69, 9.17) is 5.11 Å². The predicted molar refractivity (Wildman–Crippen MR) is 57.2 cm³/mol. The highest BCUT2D eigenvalue weighted by Gasteiger charge is 2.01. The molecule has 0 fully saturated rings. The minimum absolute atomic E-state index is 0.0254. The van der Waals surface area contributed by atoms with Gasteiger partial charge in [0.1, 0.15) is 0 Å². The van der Waals surface area contributed by atoms with E-state index in [1.165, 1.54) is 0 Å². The highest BCUT2D eigenvalue weighted by molar-refractivity contribution is 5.76. The van der Waals surface area contributed by atoms with Gasteiger partial charge >= 0.3 is 0 Å². The molecule has 5 heteroatoms. The van der Waals surface area contributed by atoms with E-state index in [1.54, 1.807) is 7.05 Å². The number of nitrogens with one attached hydrogen (secondary N) is 2. The van der Waals surface area contributed by atoms with Crippen LogP contribution in [0.15, 0.2) is 0 Å². The predicted octanol–water partition coefficient (Wildman–Crippen LogP) is -0.209. The summed E-state index contributed by atoms with van der Waals surface area (Å²) in [5.74, 6) is 0.00345. The van der Waals surface area contributed by atoms with Crippen molar-refractivity contribution < 1.29 is 14.7 Å². The van der Waals surface area contributed by atoms with E-state index in [1.807, 2.05) is 0 Å². The average molecular weight is 216 g/mol. The molecule has 0 aromatic carbocycles. The fraction of sp³-hybridized carbons (Fsp3) is 0.800. The van der Waals surface area contributed by atoms with Crippen LogP contribution in [0, 0.1) is 0 Å². The summed E-state index contributed by atoms with van der Waals surface area (Å²) in [7, 11) is 1.62. The maximum Gasteiger partial charge on any atom is 0.220 e. The average Bonchev–Trinajstić information content (AvgIpc) is 2.25. The smallest absolute Gasteiger partial charge is 0.220 e. The minimum Gasteiger partial charge on any atom is -0.395 e. The molecule has 0 unspecified atom stereocenters. The summed E-state index contributed by atoms with van der Waals surface area (Å²) < 4.78 is 0. The Balaban J connectivity index is 3.23. The van der Waals surface area contributed by atoms with Gasteiger partial charge in [0.05, 0.1) is 6.61 Å². The third kappa shape index (κ3) is 9.21. The van der Waals surface area contributed by atoms with Gasteiger partial charge in [-0.05, 0) is 12.8 Å². The summed E-state index contributed by atoms with van der Waals surface area (Å²) in [5.41, 5.74) is 0. The number of unbranched alkanes of at least 4 members (excludes halogenated alkanes) is 2. The van der Waals surface area contributed by atoms with Gasteiger partial charge in [-0.2, -0.15) is 0 Å². The Labute approximate surface area is 90.2 Å². The molecule has 0 aliphatic rings. The van der Waals surface area contributed by atoms with Gasteiger partial charge in [-0.25, -0.2) is 0 Å². The topological polar surface area (TPSA) is 78.4 Å². The number of aliphatic hydroxyl groups excluding tert-OH is 1. The Hall–Kier alpha value is -1.10. The van der Waals surface area contributed by atoms with Crippen LogP contribution in [-0.2, 0) is 9.59 Å². The second kappa shape index (κ2) is 9.45. The normalized spacial score (nSPS) is 9.73. The molecule has 0 saturated heterocycles. The highest BCUT2D eigenvalue weighted by Crippen LogP contribution is 2.02. The first kappa shape index (κ1) is 13.9. The second-order valence-electron chi connectivity index (χ2n) is 3.31. The van der Waals surface area contributed by atoms with Crippen LogP contribution in [0.5, 0.6) is 0 Å². The first-order chi connectivity index (χ1) is 7.20. The molecule has 0 radical (unpaired) electrons. The maximum atomic E-state index is 11.1. The molecule has 0 aromatic rings. The minimum atomic E-state index is -0.0380. The molecule has 0 rings (SSSR count). The molecule has 15 heavy (non-hydrogen) atoms. The van der Waals surface area contributed by atoms with E-state index in [9.17, 15) is 9.59 Å². The summed E-state index contributed by atoms with van der Waals surface area (Å²) in [5, 5.41) is 13.6. The molecular formula is C10H20N2O3. The molecule has 0 aliphatic heterocycles. The van der Waals surface area contributed by atoms with Gasteiger partial charge in [-0.1, -0.05) is 6.42 Å². The Bertz CT molecular complexity index is 195. The van der Waals surface area contributed by atoms with Crippen molar-refractivity contribution in [2.24, 2.45) is 0 Å². The lowest BCUT2D eigenvalue weighted by atomic mass is 10.1.